The summed E-state index contributed by atoms with van der Waals surface area (Å²) in [5.41, 5.74) is 3.18. The van der Waals surface area contributed by atoms with E-state index in [1.807, 2.05) is 42.5 Å². The number of piperidine rings is 1. The summed E-state index contributed by atoms with van der Waals surface area (Å²) in [7, 11) is 3.32. The lowest BCUT2D eigenvalue weighted by Gasteiger charge is -2.32. The van der Waals surface area contributed by atoms with Crippen LogP contribution < -0.4 is 15.4 Å². The first-order chi connectivity index (χ1) is 18.0. The third-order valence-corrected chi connectivity index (χ3v) is 6.57. The number of carbonyl (C=O) groups excluding carboxylic acids is 1. The van der Waals surface area contributed by atoms with E-state index < -0.39 is 0 Å². The first-order valence-electron chi connectivity index (χ1n) is 12.4. The Hall–Kier alpha value is -3.93. The number of ether oxygens (including phenoxy) is 2. The summed E-state index contributed by atoms with van der Waals surface area (Å²) >= 11 is 0. The van der Waals surface area contributed by atoms with Crippen molar-refractivity contribution in [3.8, 4) is 23.1 Å². The van der Waals surface area contributed by atoms with Crippen LogP contribution in [0, 0.1) is 11.3 Å². The van der Waals surface area contributed by atoms with Gasteiger partial charge in [0, 0.05) is 49.3 Å². The fraction of sp³-hybridized carbons (Fsp3) is 0.345. The van der Waals surface area contributed by atoms with Gasteiger partial charge in [0.05, 0.1) is 31.2 Å². The third-order valence-electron chi connectivity index (χ3n) is 6.57. The van der Waals surface area contributed by atoms with Crippen LogP contribution in [0.2, 0.25) is 0 Å². The van der Waals surface area contributed by atoms with E-state index in [2.05, 4.69) is 33.2 Å². The van der Waals surface area contributed by atoms with Gasteiger partial charge in [-0.15, -0.1) is 0 Å². The number of fused-ring (bicyclic) bond motifs is 1. The molecule has 1 fully saturated rings. The molecular formula is C29H33N5O3. The van der Waals surface area contributed by atoms with Crippen LogP contribution in [0.25, 0.3) is 22.0 Å². The molecule has 1 amide bonds. The number of hydrogen-bond acceptors (Lipinski definition) is 7. The minimum Gasteiger partial charge on any atom is -0.495 e. The fourth-order valence-corrected chi connectivity index (χ4v) is 4.62. The molecule has 1 atom stereocenters. The number of aromatic nitrogens is 1. The zero-order valence-electron chi connectivity index (χ0n) is 21.4. The number of likely N-dealkylation sites (tertiary alicyclic amines) is 1. The van der Waals surface area contributed by atoms with Crippen LogP contribution in [0.1, 0.15) is 23.3 Å². The van der Waals surface area contributed by atoms with Crippen molar-refractivity contribution in [2.45, 2.75) is 18.9 Å². The third kappa shape index (κ3) is 6.45. The van der Waals surface area contributed by atoms with E-state index in [1.165, 1.54) is 0 Å². The number of nitrogens with one attached hydrogen (secondary N) is 2. The van der Waals surface area contributed by atoms with E-state index in [1.54, 1.807) is 20.3 Å². The summed E-state index contributed by atoms with van der Waals surface area (Å²) in [4.78, 5) is 20.1. The normalized spacial score (nSPS) is 15.6. The van der Waals surface area contributed by atoms with E-state index >= 15 is 0 Å². The summed E-state index contributed by atoms with van der Waals surface area (Å²) < 4.78 is 10.8. The maximum absolute atomic E-state index is 13.1. The number of rotatable bonds is 10. The van der Waals surface area contributed by atoms with E-state index in [0.717, 1.165) is 54.5 Å². The monoisotopic (exact) mass is 499 g/mol. The lowest BCUT2D eigenvalue weighted by molar-refractivity contribution is 0.0874. The zero-order valence-corrected chi connectivity index (χ0v) is 21.4. The number of carbonyl (C=O) groups is 1. The van der Waals surface area contributed by atoms with Crippen molar-refractivity contribution in [2.75, 3.05) is 52.3 Å². The molecule has 2 heterocycles. The highest BCUT2D eigenvalue weighted by atomic mass is 16.5. The number of benzene rings is 2. The highest BCUT2D eigenvalue weighted by molar-refractivity contribution is 5.99. The molecule has 1 aliphatic rings. The molecule has 1 aromatic heterocycles. The Morgan fingerprint density at radius 1 is 1.24 bits per heavy atom. The largest absolute Gasteiger partial charge is 0.495 e. The molecule has 2 aromatic carbocycles. The van der Waals surface area contributed by atoms with Gasteiger partial charge >= 0.3 is 0 Å². The van der Waals surface area contributed by atoms with Gasteiger partial charge < -0.3 is 20.1 Å². The quantitative estimate of drug-likeness (QED) is 0.403. The van der Waals surface area contributed by atoms with Gasteiger partial charge in [0.1, 0.15) is 11.4 Å². The number of nitrogens with zero attached hydrogens (tertiary/aromatic N) is 3. The van der Waals surface area contributed by atoms with Crippen molar-refractivity contribution < 1.29 is 14.3 Å². The smallest absolute Gasteiger partial charge is 0.270 e. The number of hydrogen-bond donors (Lipinski definition) is 2. The SMILES string of the molecule is C=C(C#N)CNc1c(OC)ccc2ccc(-c3cccc(C(=O)NC4CCCN(CCOC)C4)n3)cc12. The van der Waals surface area contributed by atoms with Crippen LogP contribution in [0.15, 0.2) is 60.7 Å². The molecule has 1 unspecified atom stereocenters. The zero-order chi connectivity index (χ0) is 26.2. The van der Waals surface area contributed by atoms with Gasteiger partial charge in [-0.3, -0.25) is 9.69 Å². The molecule has 0 saturated carbocycles. The van der Waals surface area contributed by atoms with Crippen molar-refractivity contribution in [1.82, 2.24) is 15.2 Å². The van der Waals surface area contributed by atoms with Gasteiger partial charge in [0.15, 0.2) is 0 Å². The second kappa shape index (κ2) is 12.3. The standard InChI is InChI=1S/C29H33N5O3/c1-20(17-30)18-31-28-24-16-22(10-9-21(24)11-12-27(28)37-3)25-7-4-8-26(33-25)29(35)32-23-6-5-13-34(19-23)14-15-36-2/h4,7-12,16,23,31H,1,5-6,13-15,18-19H2,2-3H3,(H,32,35). The Labute approximate surface area is 217 Å². The van der Waals surface area contributed by atoms with Gasteiger partial charge in [0.25, 0.3) is 5.91 Å². The van der Waals surface area contributed by atoms with Crippen molar-refractivity contribution in [3.05, 3.63) is 66.4 Å². The molecule has 1 saturated heterocycles. The number of anilines is 1. The molecule has 2 N–H and O–H groups in total. The summed E-state index contributed by atoms with van der Waals surface area (Å²) in [5, 5.41) is 17.5. The molecule has 4 rings (SSSR count). The second-order valence-corrected chi connectivity index (χ2v) is 9.16. The molecule has 0 radical (unpaired) electrons. The van der Waals surface area contributed by atoms with E-state index in [-0.39, 0.29) is 11.9 Å². The maximum Gasteiger partial charge on any atom is 0.270 e. The molecule has 1 aliphatic heterocycles. The second-order valence-electron chi connectivity index (χ2n) is 9.16. The molecule has 8 heteroatoms. The predicted octanol–water partition coefficient (Wildman–Crippen LogP) is 4.24. The van der Waals surface area contributed by atoms with Crippen molar-refractivity contribution in [1.29, 1.82) is 5.26 Å². The van der Waals surface area contributed by atoms with Crippen LogP contribution in [-0.4, -0.2) is 68.8 Å². The average molecular weight is 500 g/mol. The fourth-order valence-electron chi connectivity index (χ4n) is 4.62. The van der Waals surface area contributed by atoms with E-state index in [0.29, 0.717) is 35.9 Å². The first kappa shape index (κ1) is 26.1. The Bertz CT molecular complexity index is 1320. The molecule has 8 nitrogen and oxygen atoms in total. The van der Waals surface area contributed by atoms with Crippen LogP contribution in [-0.2, 0) is 4.74 Å². The van der Waals surface area contributed by atoms with Gasteiger partial charge in [-0.05, 0) is 49.0 Å². The highest BCUT2D eigenvalue weighted by Crippen LogP contribution is 2.35. The van der Waals surface area contributed by atoms with Crippen molar-refractivity contribution in [2.24, 2.45) is 0 Å². The molecule has 0 bridgehead atoms. The van der Waals surface area contributed by atoms with Gasteiger partial charge in [0.2, 0.25) is 0 Å². The van der Waals surface area contributed by atoms with Crippen LogP contribution in [0.4, 0.5) is 5.69 Å². The molecule has 0 aliphatic carbocycles. The highest BCUT2D eigenvalue weighted by Gasteiger charge is 2.22. The maximum atomic E-state index is 13.1. The van der Waals surface area contributed by atoms with Crippen LogP contribution in [0.3, 0.4) is 0 Å². The Morgan fingerprint density at radius 2 is 2.08 bits per heavy atom. The summed E-state index contributed by atoms with van der Waals surface area (Å²) in [6, 6.07) is 17.6. The Morgan fingerprint density at radius 3 is 2.86 bits per heavy atom. The summed E-state index contributed by atoms with van der Waals surface area (Å²) in [5.74, 6) is 0.503. The average Bonchev–Trinajstić information content (AvgIpc) is 2.94. The van der Waals surface area contributed by atoms with Crippen molar-refractivity contribution >= 4 is 22.4 Å². The Balaban J connectivity index is 1.56. The van der Waals surface area contributed by atoms with Gasteiger partial charge in [-0.25, -0.2) is 4.98 Å². The number of methoxy groups -OCH3 is 2. The number of amides is 1. The van der Waals surface area contributed by atoms with Crippen molar-refractivity contribution in [3.63, 3.8) is 0 Å². The molecule has 37 heavy (non-hydrogen) atoms. The molecule has 0 spiro atoms. The predicted molar refractivity (Wildman–Crippen MR) is 146 cm³/mol. The van der Waals surface area contributed by atoms with Gasteiger partial charge in [-0.2, -0.15) is 5.26 Å². The van der Waals surface area contributed by atoms with Gasteiger partial charge in [-0.1, -0.05) is 30.8 Å². The number of nitriles is 1. The topological polar surface area (TPSA) is 99.5 Å². The molecule has 192 valence electrons. The minimum absolute atomic E-state index is 0.0912. The molecular weight excluding hydrogens is 466 g/mol. The number of pyridine rings is 1. The first-order valence-corrected chi connectivity index (χ1v) is 12.4. The summed E-state index contributed by atoms with van der Waals surface area (Å²) in [6.45, 7) is 7.46. The molecule has 3 aromatic rings. The summed E-state index contributed by atoms with van der Waals surface area (Å²) in [6.07, 6.45) is 2.00. The van der Waals surface area contributed by atoms with E-state index in [4.69, 9.17) is 14.7 Å². The van der Waals surface area contributed by atoms with Crippen LogP contribution >= 0.6 is 0 Å². The lowest BCUT2D eigenvalue weighted by atomic mass is 10.0. The minimum atomic E-state index is -0.166. The van der Waals surface area contributed by atoms with E-state index in [9.17, 15) is 4.79 Å². The Kier molecular flexibility index (Phi) is 8.72. The van der Waals surface area contributed by atoms with Crippen LogP contribution in [0.5, 0.6) is 5.75 Å². The lowest BCUT2D eigenvalue weighted by Crippen LogP contribution is -2.48.